The molecule has 104 valence electrons. The van der Waals surface area contributed by atoms with Crippen LogP contribution in [0.3, 0.4) is 0 Å². The normalized spacial score (nSPS) is 25.9. The molecule has 0 spiro atoms. The standard InChI is InChI=1S/C13H24N2O3/c1-4-5-6-10(11(16)17)15-8-7-13(2,9-15)12(18)14-3/h10H,4-9H2,1-3H3,(H,14,18)(H,16,17). The van der Waals surface area contributed by atoms with Crippen LogP contribution in [0.5, 0.6) is 0 Å². The van der Waals surface area contributed by atoms with E-state index in [1.807, 2.05) is 11.8 Å². The van der Waals surface area contributed by atoms with Gasteiger partial charge in [-0.2, -0.15) is 0 Å². The third-order valence-electron chi connectivity index (χ3n) is 3.84. The molecule has 1 aliphatic heterocycles. The van der Waals surface area contributed by atoms with Gasteiger partial charge in [-0.3, -0.25) is 14.5 Å². The summed E-state index contributed by atoms with van der Waals surface area (Å²) in [6, 6.07) is -0.448. The summed E-state index contributed by atoms with van der Waals surface area (Å²) in [5.41, 5.74) is -0.450. The number of hydrogen-bond acceptors (Lipinski definition) is 3. The molecule has 1 saturated heterocycles. The third-order valence-corrected chi connectivity index (χ3v) is 3.84. The van der Waals surface area contributed by atoms with Crippen LogP contribution >= 0.6 is 0 Å². The lowest BCUT2D eigenvalue weighted by molar-refractivity contribution is -0.144. The maximum atomic E-state index is 11.8. The van der Waals surface area contributed by atoms with Crippen molar-refractivity contribution in [3.63, 3.8) is 0 Å². The molecule has 1 heterocycles. The predicted molar refractivity (Wildman–Crippen MR) is 69.3 cm³/mol. The Bertz CT molecular complexity index is 319. The van der Waals surface area contributed by atoms with Gasteiger partial charge in [0.2, 0.25) is 5.91 Å². The van der Waals surface area contributed by atoms with E-state index in [9.17, 15) is 14.7 Å². The van der Waals surface area contributed by atoms with E-state index in [2.05, 4.69) is 12.2 Å². The summed E-state index contributed by atoms with van der Waals surface area (Å²) in [6.45, 7) is 5.18. The molecule has 0 radical (unpaired) electrons. The van der Waals surface area contributed by atoms with Crippen LogP contribution in [0.4, 0.5) is 0 Å². The van der Waals surface area contributed by atoms with Crippen molar-refractivity contribution in [2.24, 2.45) is 5.41 Å². The maximum Gasteiger partial charge on any atom is 0.320 e. The summed E-state index contributed by atoms with van der Waals surface area (Å²) in [5.74, 6) is -0.769. The smallest absolute Gasteiger partial charge is 0.320 e. The molecule has 2 unspecified atom stereocenters. The van der Waals surface area contributed by atoms with Crippen LogP contribution in [0.25, 0.3) is 0 Å². The highest BCUT2D eigenvalue weighted by Gasteiger charge is 2.43. The van der Waals surface area contributed by atoms with Crippen molar-refractivity contribution in [3.8, 4) is 0 Å². The summed E-state index contributed by atoms with van der Waals surface area (Å²) in [4.78, 5) is 25.0. The first-order chi connectivity index (χ1) is 8.44. The third kappa shape index (κ3) is 3.22. The van der Waals surface area contributed by atoms with E-state index in [0.717, 1.165) is 19.3 Å². The number of nitrogens with zero attached hydrogens (tertiary/aromatic N) is 1. The Balaban J connectivity index is 2.68. The summed E-state index contributed by atoms with van der Waals surface area (Å²) in [5, 5.41) is 12.0. The van der Waals surface area contributed by atoms with E-state index in [1.54, 1.807) is 7.05 Å². The number of hydrogen-bond donors (Lipinski definition) is 2. The Morgan fingerprint density at radius 3 is 2.67 bits per heavy atom. The Hall–Kier alpha value is -1.10. The van der Waals surface area contributed by atoms with Crippen LogP contribution in [0, 0.1) is 5.41 Å². The first kappa shape index (κ1) is 15.0. The van der Waals surface area contributed by atoms with E-state index in [-0.39, 0.29) is 5.91 Å². The molecule has 5 heteroatoms. The van der Waals surface area contributed by atoms with Crippen LogP contribution in [0.1, 0.15) is 39.5 Å². The van der Waals surface area contributed by atoms with Gasteiger partial charge >= 0.3 is 5.97 Å². The van der Waals surface area contributed by atoms with Crippen LogP contribution < -0.4 is 5.32 Å². The van der Waals surface area contributed by atoms with Crippen molar-refractivity contribution in [2.75, 3.05) is 20.1 Å². The Labute approximate surface area is 109 Å². The molecule has 0 bridgehead atoms. The predicted octanol–water partition coefficient (Wildman–Crippen LogP) is 1.09. The molecule has 1 amide bonds. The van der Waals surface area contributed by atoms with Crippen LogP contribution in [0.2, 0.25) is 0 Å². The number of amides is 1. The highest BCUT2D eigenvalue weighted by molar-refractivity contribution is 5.83. The van der Waals surface area contributed by atoms with Crippen LogP contribution in [-0.4, -0.2) is 48.1 Å². The van der Waals surface area contributed by atoms with Gasteiger partial charge in [-0.15, -0.1) is 0 Å². The zero-order chi connectivity index (χ0) is 13.8. The maximum absolute atomic E-state index is 11.8. The number of carbonyl (C=O) groups is 2. The zero-order valence-electron chi connectivity index (χ0n) is 11.5. The molecule has 1 aliphatic rings. The summed E-state index contributed by atoms with van der Waals surface area (Å²) >= 11 is 0. The molecule has 0 aromatic carbocycles. The van der Waals surface area contributed by atoms with Gasteiger partial charge in [-0.05, 0) is 19.8 Å². The minimum absolute atomic E-state index is 0.00429. The second kappa shape index (κ2) is 6.18. The Kier molecular flexibility index (Phi) is 5.14. The molecule has 1 rings (SSSR count). The first-order valence-electron chi connectivity index (χ1n) is 6.63. The van der Waals surface area contributed by atoms with E-state index in [1.165, 1.54) is 0 Å². The fraction of sp³-hybridized carbons (Fsp3) is 0.846. The number of nitrogens with one attached hydrogen (secondary N) is 1. The molecule has 2 N–H and O–H groups in total. The Morgan fingerprint density at radius 2 is 2.17 bits per heavy atom. The summed E-state index contributed by atoms with van der Waals surface area (Å²) in [6.07, 6.45) is 3.28. The molecule has 18 heavy (non-hydrogen) atoms. The topological polar surface area (TPSA) is 69.6 Å². The number of carboxylic acids is 1. The zero-order valence-corrected chi connectivity index (χ0v) is 11.5. The molecule has 0 aromatic heterocycles. The van der Waals surface area contributed by atoms with Crippen molar-refractivity contribution >= 4 is 11.9 Å². The lowest BCUT2D eigenvalue weighted by Gasteiger charge is -2.27. The van der Waals surface area contributed by atoms with E-state index in [4.69, 9.17) is 0 Å². The number of unbranched alkanes of at least 4 members (excludes halogenated alkanes) is 1. The number of rotatable bonds is 6. The lowest BCUT2D eigenvalue weighted by Crippen LogP contribution is -2.44. The quantitative estimate of drug-likeness (QED) is 0.746. The van der Waals surface area contributed by atoms with Gasteiger partial charge in [0.25, 0.3) is 0 Å². The van der Waals surface area contributed by atoms with E-state index < -0.39 is 17.4 Å². The fourth-order valence-electron chi connectivity index (χ4n) is 2.61. The second-order valence-corrected chi connectivity index (χ2v) is 5.36. The van der Waals surface area contributed by atoms with Gasteiger partial charge < -0.3 is 10.4 Å². The van der Waals surface area contributed by atoms with E-state index in [0.29, 0.717) is 19.5 Å². The average Bonchev–Trinajstić information content (AvgIpc) is 2.72. The molecule has 0 aliphatic carbocycles. The highest BCUT2D eigenvalue weighted by Crippen LogP contribution is 2.32. The number of carbonyl (C=O) groups excluding carboxylic acids is 1. The molecule has 1 fully saturated rings. The molecular weight excluding hydrogens is 232 g/mol. The molecule has 0 aromatic rings. The summed E-state index contributed by atoms with van der Waals surface area (Å²) < 4.78 is 0. The average molecular weight is 256 g/mol. The molecule has 5 nitrogen and oxygen atoms in total. The number of aliphatic carboxylic acids is 1. The SMILES string of the molecule is CCCCC(C(=O)O)N1CCC(C)(C(=O)NC)C1. The fourth-order valence-corrected chi connectivity index (χ4v) is 2.61. The first-order valence-corrected chi connectivity index (χ1v) is 6.63. The van der Waals surface area contributed by atoms with Gasteiger partial charge in [0.1, 0.15) is 6.04 Å². The monoisotopic (exact) mass is 256 g/mol. The minimum atomic E-state index is -0.774. The van der Waals surface area contributed by atoms with Gasteiger partial charge in [0, 0.05) is 20.1 Å². The van der Waals surface area contributed by atoms with Crippen molar-refractivity contribution in [1.29, 1.82) is 0 Å². The molecule has 2 atom stereocenters. The van der Waals surface area contributed by atoms with Gasteiger partial charge in [0.05, 0.1) is 5.41 Å². The lowest BCUT2D eigenvalue weighted by atomic mass is 9.89. The summed E-state index contributed by atoms with van der Waals surface area (Å²) in [7, 11) is 1.63. The van der Waals surface area contributed by atoms with Crippen molar-refractivity contribution in [3.05, 3.63) is 0 Å². The minimum Gasteiger partial charge on any atom is -0.480 e. The number of carboxylic acid groups (broad SMARTS) is 1. The Morgan fingerprint density at radius 1 is 1.50 bits per heavy atom. The van der Waals surface area contributed by atoms with Crippen molar-refractivity contribution < 1.29 is 14.7 Å². The molecule has 0 saturated carbocycles. The van der Waals surface area contributed by atoms with Gasteiger partial charge in [-0.1, -0.05) is 19.8 Å². The van der Waals surface area contributed by atoms with Gasteiger partial charge in [-0.25, -0.2) is 0 Å². The van der Waals surface area contributed by atoms with Crippen LogP contribution in [0.15, 0.2) is 0 Å². The van der Waals surface area contributed by atoms with Crippen LogP contribution in [-0.2, 0) is 9.59 Å². The van der Waals surface area contributed by atoms with Gasteiger partial charge in [0.15, 0.2) is 0 Å². The van der Waals surface area contributed by atoms with Crippen molar-refractivity contribution in [1.82, 2.24) is 10.2 Å². The largest absolute Gasteiger partial charge is 0.480 e. The highest BCUT2D eigenvalue weighted by atomic mass is 16.4. The van der Waals surface area contributed by atoms with Crippen molar-refractivity contribution in [2.45, 2.75) is 45.6 Å². The molecular formula is C13H24N2O3. The second-order valence-electron chi connectivity index (χ2n) is 5.36. The van der Waals surface area contributed by atoms with E-state index >= 15 is 0 Å². The number of likely N-dealkylation sites (tertiary alicyclic amines) is 1.